The molecule has 0 N–H and O–H groups in total. The van der Waals surface area contributed by atoms with Gasteiger partial charge >= 0.3 is 0 Å². The molecule has 4 atom stereocenters. The maximum atomic E-state index is 6.20. The smallest absolute Gasteiger partial charge is 0.165 e. The Morgan fingerprint density at radius 2 is 1.24 bits per heavy atom. The van der Waals surface area contributed by atoms with E-state index in [0.717, 1.165) is 23.3 Å². The van der Waals surface area contributed by atoms with Gasteiger partial charge in [-0.15, -0.1) is 0 Å². The molecule has 7 nitrogen and oxygen atoms in total. The molecule has 0 radical (unpaired) electrons. The maximum absolute atomic E-state index is 6.20. The van der Waals surface area contributed by atoms with Crippen LogP contribution in [-0.4, -0.2) is 37.6 Å². The summed E-state index contributed by atoms with van der Waals surface area (Å²) in [7, 11) is 0. The van der Waals surface area contributed by atoms with Crippen molar-refractivity contribution in [1.82, 2.24) is 0 Å². The highest BCUT2D eigenvalue weighted by molar-refractivity contribution is 5.31. The van der Waals surface area contributed by atoms with Crippen LogP contribution in [-0.2, 0) is 49.2 Å². The lowest BCUT2D eigenvalue weighted by molar-refractivity contribution is -0.341. The van der Waals surface area contributed by atoms with Gasteiger partial charge in [-0.2, -0.15) is 4.89 Å². The molecular formula is C35H44O7. The first-order valence-electron chi connectivity index (χ1n) is 15.1. The lowest BCUT2D eigenvalue weighted by Gasteiger charge is -2.21. The van der Waals surface area contributed by atoms with Gasteiger partial charge in [-0.25, -0.2) is 9.78 Å². The summed E-state index contributed by atoms with van der Waals surface area (Å²) >= 11 is 0. The van der Waals surface area contributed by atoms with Crippen LogP contribution in [0, 0.1) is 0 Å². The van der Waals surface area contributed by atoms with Crippen molar-refractivity contribution in [3.8, 4) is 11.5 Å². The van der Waals surface area contributed by atoms with Crippen molar-refractivity contribution in [2.24, 2.45) is 0 Å². The van der Waals surface area contributed by atoms with Crippen molar-refractivity contribution in [3.63, 3.8) is 0 Å². The van der Waals surface area contributed by atoms with Crippen molar-refractivity contribution in [2.75, 3.05) is 13.2 Å². The molecule has 3 aromatic carbocycles. The average molecular weight is 577 g/mol. The van der Waals surface area contributed by atoms with Gasteiger partial charge in [0.1, 0.15) is 37.3 Å². The second-order valence-electron chi connectivity index (χ2n) is 12.2. The summed E-state index contributed by atoms with van der Waals surface area (Å²) in [6.45, 7) is 10.3. The quantitative estimate of drug-likeness (QED) is 0.113. The molecule has 7 heteroatoms. The summed E-state index contributed by atoms with van der Waals surface area (Å²) in [6.07, 6.45) is 3.95. The van der Waals surface area contributed by atoms with Gasteiger partial charge in [-0.1, -0.05) is 89.1 Å². The molecule has 2 saturated heterocycles. The summed E-state index contributed by atoms with van der Waals surface area (Å²) < 4.78 is 18.2. The number of hydrogen-bond donors (Lipinski definition) is 0. The van der Waals surface area contributed by atoms with E-state index >= 15 is 0 Å². The maximum Gasteiger partial charge on any atom is 0.165 e. The Kier molecular flexibility index (Phi) is 10.5. The number of hydrogen-bond acceptors (Lipinski definition) is 7. The second-order valence-corrected chi connectivity index (χ2v) is 12.2. The van der Waals surface area contributed by atoms with Gasteiger partial charge < -0.3 is 19.1 Å². The molecule has 0 bridgehead atoms. The van der Waals surface area contributed by atoms with Crippen molar-refractivity contribution >= 4 is 0 Å². The fourth-order valence-electron chi connectivity index (χ4n) is 5.20. The van der Waals surface area contributed by atoms with Gasteiger partial charge in [0.2, 0.25) is 0 Å². The number of ether oxygens (including phenoxy) is 3. The lowest BCUT2D eigenvalue weighted by atomic mass is 9.87. The van der Waals surface area contributed by atoms with Gasteiger partial charge in [-0.05, 0) is 64.8 Å². The minimum atomic E-state index is -0.312. The molecule has 0 spiro atoms. The van der Waals surface area contributed by atoms with Crippen LogP contribution in [0.15, 0.2) is 72.8 Å². The Balaban J connectivity index is 0.995. The van der Waals surface area contributed by atoms with E-state index in [-0.39, 0.29) is 29.8 Å². The lowest BCUT2D eigenvalue weighted by Crippen LogP contribution is -2.35. The molecule has 0 saturated carbocycles. The van der Waals surface area contributed by atoms with Crippen LogP contribution < -0.4 is 9.62 Å². The van der Waals surface area contributed by atoms with E-state index in [4.69, 9.17) is 33.8 Å². The largest absolute Gasteiger partial charge is 0.485 e. The van der Waals surface area contributed by atoms with E-state index in [1.54, 1.807) is 0 Å². The molecule has 0 amide bonds. The molecule has 226 valence electrons. The zero-order valence-corrected chi connectivity index (χ0v) is 25.3. The molecule has 2 aliphatic heterocycles. The summed E-state index contributed by atoms with van der Waals surface area (Å²) in [4.78, 5) is 22.2. The van der Waals surface area contributed by atoms with Crippen LogP contribution in [0.25, 0.3) is 0 Å². The molecule has 2 fully saturated rings. The number of benzene rings is 3. The van der Waals surface area contributed by atoms with E-state index in [2.05, 4.69) is 64.1 Å². The third kappa shape index (κ3) is 8.33. The first kappa shape index (κ1) is 30.5. The second kappa shape index (κ2) is 14.5. The topological polar surface area (TPSA) is 64.6 Å². The minimum absolute atomic E-state index is 0.101. The first-order valence-corrected chi connectivity index (χ1v) is 15.1. The van der Waals surface area contributed by atoms with Crippen molar-refractivity contribution in [1.29, 1.82) is 0 Å². The van der Waals surface area contributed by atoms with Crippen LogP contribution in [0.1, 0.15) is 69.2 Å². The van der Waals surface area contributed by atoms with E-state index in [1.165, 1.54) is 30.4 Å². The van der Waals surface area contributed by atoms with Crippen LogP contribution in [0.2, 0.25) is 0 Å². The van der Waals surface area contributed by atoms with Gasteiger partial charge in [-0.3, -0.25) is 0 Å². The predicted molar refractivity (Wildman–Crippen MR) is 160 cm³/mol. The highest BCUT2D eigenvalue weighted by atomic mass is 17.2. The van der Waals surface area contributed by atoms with Crippen LogP contribution in [0.4, 0.5) is 0 Å². The Hall–Kier alpha value is -2.94. The number of unbranched alkanes of at least 4 members (excludes halogenated alkanes) is 2. The number of fused-ring (bicyclic) bond motifs is 1. The summed E-state index contributed by atoms with van der Waals surface area (Å²) in [6, 6.07) is 24.3. The highest BCUT2D eigenvalue weighted by Crippen LogP contribution is 2.32. The summed E-state index contributed by atoms with van der Waals surface area (Å²) in [5, 5.41) is 0. The zero-order valence-electron chi connectivity index (χ0n) is 25.3. The summed E-state index contributed by atoms with van der Waals surface area (Å²) in [5.41, 5.74) is 4.76. The SMILES string of the molecule is CCCCCc1ccc(COOc2ccc(COO[C@H]3CO[C@@H]4C(Oc5ccc(C(C)(C)C)cc5)CO[C@H]34)cc2)cc1. The fourth-order valence-corrected chi connectivity index (χ4v) is 5.20. The Bertz CT molecular complexity index is 1220. The molecule has 0 aromatic heterocycles. The zero-order chi connectivity index (χ0) is 29.4. The van der Waals surface area contributed by atoms with Crippen molar-refractivity contribution in [3.05, 3.63) is 95.1 Å². The van der Waals surface area contributed by atoms with Crippen molar-refractivity contribution in [2.45, 2.75) is 96.4 Å². The van der Waals surface area contributed by atoms with Gasteiger partial charge in [0.15, 0.2) is 11.9 Å². The number of aryl methyl sites for hydroxylation is 1. The monoisotopic (exact) mass is 576 g/mol. The highest BCUT2D eigenvalue weighted by Gasteiger charge is 2.50. The van der Waals surface area contributed by atoms with Crippen LogP contribution in [0.5, 0.6) is 11.5 Å². The van der Waals surface area contributed by atoms with E-state index in [1.807, 2.05) is 36.4 Å². The first-order chi connectivity index (χ1) is 20.4. The molecule has 0 aliphatic carbocycles. The Morgan fingerprint density at radius 1 is 0.667 bits per heavy atom. The molecule has 2 heterocycles. The van der Waals surface area contributed by atoms with Crippen LogP contribution in [0.3, 0.4) is 0 Å². The van der Waals surface area contributed by atoms with E-state index in [9.17, 15) is 0 Å². The Morgan fingerprint density at radius 3 is 1.90 bits per heavy atom. The average Bonchev–Trinajstić information content (AvgIpc) is 3.58. The van der Waals surface area contributed by atoms with E-state index < -0.39 is 0 Å². The predicted octanol–water partition coefficient (Wildman–Crippen LogP) is 7.29. The number of rotatable bonds is 14. The summed E-state index contributed by atoms with van der Waals surface area (Å²) in [5.74, 6) is 1.44. The third-order valence-corrected chi connectivity index (χ3v) is 7.78. The fraction of sp³-hybridized carbons (Fsp3) is 0.486. The molecule has 5 rings (SSSR count). The van der Waals surface area contributed by atoms with Gasteiger partial charge in [0.25, 0.3) is 0 Å². The third-order valence-electron chi connectivity index (χ3n) is 7.78. The molecule has 42 heavy (non-hydrogen) atoms. The van der Waals surface area contributed by atoms with Crippen LogP contribution >= 0.6 is 0 Å². The normalized spacial score (nSPS) is 21.8. The van der Waals surface area contributed by atoms with Crippen molar-refractivity contribution < 1.29 is 33.8 Å². The van der Waals surface area contributed by atoms with Gasteiger partial charge in [0.05, 0.1) is 13.2 Å². The van der Waals surface area contributed by atoms with E-state index in [0.29, 0.717) is 32.2 Å². The molecular weight excluding hydrogens is 532 g/mol. The molecule has 2 aliphatic rings. The minimum Gasteiger partial charge on any atom is -0.485 e. The molecule has 1 unspecified atom stereocenters. The Labute approximate surface area is 249 Å². The standard InChI is InChI=1S/C35H44O7/c1-5-6-7-8-25-9-11-26(12-10-25)21-38-41-30-17-13-27(14-18-30)22-39-42-32-24-37-33-31(23-36-34(32)33)40-29-19-15-28(16-20-29)35(2,3)4/h9-20,31-34H,5-8,21-24H2,1-4H3/t31?,32-,33+,34+/m0/s1. The van der Waals surface area contributed by atoms with Gasteiger partial charge in [0, 0.05) is 0 Å². The molecule has 3 aromatic rings.